The van der Waals surface area contributed by atoms with Gasteiger partial charge < -0.3 is 10.4 Å². The van der Waals surface area contributed by atoms with Gasteiger partial charge >= 0.3 is 5.97 Å². The van der Waals surface area contributed by atoms with E-state index >= 15 is 0 Å². The van der Waals surface area contributed by atoms with Crippen LogP contribution in [0.4, 0.5) is 5.69 Å². The van der Waals surface area contributed by atoms with Gasteiger partial charge in [0.05, 0.1) is 11.8 Å². The van der Waals surface area contributed by atoms with E-state index in [2.05, 4.69) is 11.4 Å². The minimum atomic E-state index is -0.838. The minimum absolute atomic E-state index is 0.0259. The van der Waals surface area contributed by atoms with E-state index in [0.717, 1.165) is 17.7 Å². The number of aliphatic carboxylic acids is 1. The summed E-state index contributed by atoms with van der Waals surface area (Å²) in [5.41, 5.74) is 3.04. The van der Waals surface area contributed by atoms with Crippen molar-refractivity contribution in [3.63, 3.8) is 0 Å². The highest BCUT2D eigenvalue weighted by Crippen LogP contribution is 2.63. The number of nitrogens with one attached hydrogen (secondary N) is 1. The Morgan fingerprint density at radius 2 is 1.70 bits per heavy atom. The largest absolute Gasteiger partial charge is 0.481 e. The fourth-order valence-corrected chi connectivity index (χ4v) is 4.61. The summed E-state index contributed by atoms with van der Waals surface area (Å²) in [6, 6.07) is 5.80. The number of benzene rings is 1. The molecule has 4 nitrogen and oxygen atoms in total. The average Bonchev–Trinajstić information content (AvgIpc) is 3.32. The molecule has 1 aromatic rings. The van der Waals surface area contributed by atoms with Crippen LogP contribution in [-0.2, 0) is 9.59 Å². The maximum absolute atomic E-state index is 12.8. The molecule has 0 spiro atoms. The number of carboxylic acids is 1. The quantitative estimate of drug-likeness (QED) is 0.843. The van der Waals surface area contributed by atoms with E-state index in [4.69, 9.17) is 0 Å². The SMILES string of the molecule is Cc1ccc(NC(=O)[C@@H]2[C@H]3C=C[C@H]([C@H]4C[C@H]34)[C@@H]2C(=O)O)cc1C. The number of hydrogen-bond donors (Lipinski definition) is 2. The molecular weight excluding hydrogens is 290 g/mol. The van der Waals surface area contributed by atoms with Gasteiger partial charge in [0.25, 0.3) is 0 Å². The van der Waals surface area contributed by atoms with Gasteiger partial charge in [-0.3, -0.25) is 9.59 Å². The number of rotatable bonds is 3. The Hall–Kier alpha value is -2.10. The Kier molecular flexibility index (Phi) is 3.12. The Morgan fingerprint density at radius 3 is 2.30 bits per heavy atom. The molecule has 0 heterocycles. The van der Waals surface area contributed by atoms with Crippen molar-refractivity contribution in [2.24, 2.45) is 35.5 Å². The van der Waals surface area contributed by atoms with E-state index in [-0.39, 0.29) is 17.7 Å². The molecule has 0 unspecified atom stereocenters. The Balaban J connectivity index is 1.60. The van der Waals surface area contributed by atoms with Crippen molar-refractivity contribution < 1.29 is 14.7 Å². The number of carbonyl (C=O) groups is 2. The molecule has 1 amide bonds. The second-order valence-electron chi connectivity index (χ2n) is 7.28. The third-order valence-corrected chi connectivity index (χ3v) is 6.01. The smallest absolute Gasteiger partial charge is 0.307 e. The van der Waals surface area contributed by atoms with E-state index in [1.165, 1.54) is 5.56 Å². The summed E-state index contributed by atoms with van der Waals surface area (Å²) in [6.07, 6.45) is 5.19. The van der Waals surface area contributed by atoms with Crippen LogP contribution in [0.5, 0.6) is 0 Å². The van der Waals surface area contributed by atoms with E-state index in [1.54, 1.807) is 0 Å². The van der Waals surface area contributed by atoms with Crippen LogP contribution < -0.4 is 5.32 Å². The lowest BCUT2D eigenvalue weighted by Gasteiger charge is -2.41. The molecule has 6 atom stereocenters. The summed E-state index contributed by atoms with van der Waals surface area (Å²) < 4.78 is 0. The summed E-state index contributed by atoms with van der Waals surface area (Å²) >= 11 is 0. The number of aryl methyl sites for hydroxylation is 2. The van der Waals surface area contributed by atoms with Gasteiger partial charge in [-0.2, -0.15) is 0 Å². The van der Waals surface area contributed by atoms with Crippen molar-refractivity contribution in [1.82, 2.24) is 0 Å². The van der Waals surface area contributed by atoms with Gasteiger partial charge in [-0.1, -0.05) is 18.2 Å². The summed E-state index contributed by atoms with van der Waals surface area (Å²) in [4.78, 5) is 24.6. The number of carboxylic acid groups (broad SMARTS) is 1. The van der Waals surface area contributed by atoms with E-state index < -0.39 is 17.8 Å². The zero-order chi connectivity index (χ0) is 16.3. The molecule has 23 heavy (non-hydrogen) atoms. The summed E-state index contributed by atoms with van der Waals surface area (Å²) in [7, 11) is 0. The molecule has 2 fully saturated rings. The first-order valence-electron chi connectivity index (χ1n) is 8.26. The number of fused-ring (bicyclic) bond motifs is 1. The highest BCUT2D eigenvalue weighted by molar-refractivity contribution is 5.96. The predicted octanol–water partition coefficient (Wildman–Crippen LogP) is 3.01. The van der Waals surface area contributed by atoms with Gasteiger partial charge in [-0.25, -0.2) is 0 Å². The maximum Gasteiger partial charge on any atom is 0.307 e. The standard InChI is InChI=1S/C19H21NO3/c1-9-3-4-11(7-10(9)2)20-18(21)16-12-5-6-13(15-8-14(12)15)17(16)19(22)23/h3-7,12-17H,8H2,1-2H3,(H,20,21)(H,22,23)/t12-,13+,14+,15+,16+,17-/m0/s1. The summed E-state index contributed by atoms with van der Waals surface area (Å²) in [5, 5.41) is 12.6. The van der Waals surface area contributed by atoms with Crippen molar-refractivity contribution in [1.29, 1.82) is 0 Å². The highest BCUT2D eigenvalue weighted by atomic mass is 16.4. The van der Waals surface area contributed by atoms with Gasteiger partial charge in [0.2, 0.25) is 5.91 Å². The van der Waals surface area contributed by atoms with Gasteiger partial charge in [0.15, 0.2) is 0 Å². The topological polar surface area (TPSA) is 66.4 Å². The molecule has 2 N–H and O–H groups in total. The van der Waals surface area contributed by atoms with Crippen molar-refractivity contribution in [3.05, 3.63) is 41.5 Å². The van der Waals surface area contributed by atoms with Gasteiger partial charge in [0.1, 0.15) is 0 Å². The van der Waals surface area contributed by atoms with Gasteiger partial charge in [-0.15, -0.1) is 0 Å². The van der Waals surface area contributed by atoms with Crippen LogP contribution in [0.1, 0.15) is 17.5 Å². The first-order chi connectivity index (χ1) is 11.0. The van der Waals surface area contributed by atoms with Crippen molar-refractivity contribution in [3.8, 4) is 0 Å². The fraction of sp³-hybridized carbons (Fsp3) is 0.474. The molecular formula is C19H21NO3. The molecule has 2 bridgehead atoms. The molecule has 0 saturated heterocycles. The Morgan fingerprint density at radius 1 is 1.04 bits per heavy atom. The summed E-state index contributed by atoms with van der Waals surface area (Å²) in [5.74, 6) is -0.919. The number of anilines is 1. The monoisotopic (exact) mass is 311 g/mol. The molecule has 4 aliphatic rings. The van der Waals surface area contributed by atoms with Crippen LogP contribution >= 0.6 is 0 Å². The zero-order valence-electron chi connectivity index (χ0n) is 13.3. The van der Waals surface area contributed by atoms with Crippen molar-refractivity contribution in [2.45, 2.75) is 20.3 Å². The third-order valence-electron chi connectivity index (χ3n) is 6.01. The van der Waals surface area contributed by atoms with Crippen LogP contribution in [0.25, 0.3) is 0 Å². The predicted molar refractivity (Wildman–Crippen MR) is 86.9 cm³/mol. The molecule has 2 saturated carbocycles. The molecule has 4 aliphatic carbocycles. The molecule has 0 radical (unpaired) electrons. The highest BCUT2D eigenvalue weighted by Gasteiger charge is 2.62. The lowest BCUT2D eigenvalue weighted by molar-refractivity contribution is -0.152. The molecule has 5 rings (SSSR count). The average molecular weight is 311 g/mol. The molecule has 1 aromatic carbocycles. The van der Waals surface area contributed by atoms with Crippen LogP contribution in [0.15, 0.2) is 30.4 Å². The van der Waals surface area contributed by atoms with E-state index in [0.29, 0.717) is 11.8 Å². The second kappa shape index (κ2) is 4.95. The van der Waals surface area contributed by atoms with E-state index in [9.17, 15) is 14.7 Å². The van der Waals surface area contributed by atoms with Crippen LogP contribution in [0.3, 0.4) is 0 Å². The minimum Gasteiger partial charge on any atom is -0.481 e. The van der Waals surface area contributed by atoms with E-state index in [1.807, 2.05) is 38.1 Å². The normalized spacial score (nSPS) is 36.4. The number of hydrogen-bond acceptors (Lipinski definition) is 2. The molecule has 120 valence electrons. The zero-order valence-corrected chi connectivity index (χ0v) is 13.3. The molecule has 0 aromatic heterocycles. The van der Waals surface area contributed by atoms with Crippen LogP contribution in [-0.4, -0.2) is 17.0 Å². The first-order valence-corrected chi connectivity index (χ1v) is 8.26. The Labute approximate surface area is 135 Å². The van der Waals surface area contributed by atoms with Crippen LogP contribution in [0, 0.1) is 49.4 Å². The molecule has 0 aliphatic heterocycles. The first kappa shape index (κ1) is 14.5. The number of carbonyl (C=O) groups excluding carboxylic acids is 1. The summed E-state index contributed by atoms with van der Waals surface area (Å²) in [6.45, 7) is 4.03. The lowest BCUT2D eigenvalue weighted by atomic mass is 9.62. The van der Waals surface area contributed by atoms with Crippen molar-refractivity contribution in [2.75, 3.05) is 5.32 Å². The third kappa shape index (κ3) is 2.19. The number of allylic oxidation sites excluding steroid dienone is 2. The van der Waals surface area contributed by atoms with Crippen molar-refractivity contribution >= 4 is 17.6 Å². The lowest BCUT2D eigenvalue weighted by Crippen LogP contribution is -2.48. The fourth-order valence-electron chi connectivity index (χ4n) is 4.61. The number of amides is 1. The maximum atomic E-state index is 12.8. The molecule has 4 heteroatoms. The Bertz CT molecular complexity index is 723. The van der Waals surface area contributed by atoms with Crippen LogP contribution in [0.2, 0.25) is 0 Å². The van der Waals surface area contributed by atoms with Gasteiger partial charge in [0, 0.05) is 5.69 Å². The van der Waals surface area contributed by atoms with Gasteiger partial charge in [-0.05, 0) is 67.2 Å². The second-order valence-corrected chi connectivity index (χ2v) is 7.28.